The number of sulfonamides is 1. The SMILES string of the molecule is CN1CCN(S(=O)(=O)c2cc(CN)cs2)CC1. The zero-order chi connectivity index (χ0) is 12.5. The van der Waals surface area contributed by atoms with Gasteiger partial charge in [-0.05, 0) is 24.1 Å². The van der Waals surface area contributed by atoms with Crippen LogP contribution in [0.3, 0.4) is 0 Å². The molecule has 1 fully saturated rings. The average Bonchev–Trinajstić information content (AvgIpc) is 2.78. The summed E-state index contributed by atoms with van der Waals surface area (Å²) in [4.78, 5) is 2.13. The number of hydrogen-bond donors (Lipinski definition) is 1. The second kappa shape index (κ2) is 5.03. The Bertz CT molecular complexity index is 475. The lowest BCUT2D eigenvalue weighted by atomic mass is 10.4. The highest BCUT2D eigenvalue weighted by molar-refractivity contribution is 7.91. The van der Waals surface area contributed by atoms with Crippen molar-refractivity contribution in [2.75, 3.05) is 33.2 Å². The molecule has 1 aliphatic heterocycles. The van der Waals surface area contributed by atoms with Crippen molar-refractivity contribution >= 4 is 21.4 Å². The molecule has 0 amide bonds. The highest BCUT2D eigenvalue weighted by Gasteiger charge is 2.28. The Morgan fingerprint density at radius 1 is 1.35 bits per heavy atom. The molecule has 1 aromatic rings. The van der Waals surface area contributed by atoms with Crippen molar-refractivity contribution < 1.29 is 8.42 Å². The quantitative estimate of drug-likeness (QED) is 0.852. The van der Waals surface area contributed by atoms with E-state index in [-0.39, 0.29) is 0 Å². The lowest BCUT2D eigenvalue weighted by Gasteiger charge is -2.31. The van der Waals surface area contributed by atoms with Crippen molar-refractivity contribution in [2.24, 2.45) is 5.73 Å². The van der Waals surface area contributed by atoms with Crippen LogP contribution in [-0.2, 0) is 16.6 Å². The monoisotopic (exact) mass is 275 g/mol. The first-order valence-corrected chi connectivity index (χ1v) is 7.82. The van der Waals surface area contributed by atoms with E-state index in [4.69, 9.17) is 5.73 Å². The molecule has 0 unspecified atom stereocenters. The van der Waals surface area contributed by atoms with Crippen LogP contribution in [-0.4, -0.2) is 50.8 Å². The summed E-state index contributed by atoms with van der Waals surface area (Å²) in [5.41, 5.74) is 6.37. The first kappa shape index (κ1) is 13.0. The van der Waals surface area contributed by atoms with E-state index in [1.54, 1.807) is 10.4 Å². The van der Waals surface area contributed by atoms with Crippen molar-refractivity contribution in [3.63, 3.8) is 0 Å². The van der Waals surface area contributed by atoms with E-state index in [1.807, 2.05) is 12.4 Å². The van der Waals surface area contributed by atoms with Gasteiger partial charge in [-0.1, -0.05) is 0 Å². The molecular formula is C10H17N3O2S2. The molecule has 1 aliphatic rings. The summed E-state index contributed by atoms with van der Waals surface area (Å²) in [7, 11) is -1.30. The summed E-state index contributed by atoms with van der Waals surface area (Å²) in [6.07, 6.45) is 0. The molecule has 2 rings (SSSR count). The summed E-state index contributed by atoms with van der Waals surface area (Å²) in [6, 6.07) is 1.68. The van der Waals surface area contributed by atoms with Gasteiger partial charge in [-0.3, -0.25) is 0 Å². The zero-order valence-electron chi connectivity index (χ0n) is 9.80. The molecule has 0 bridgehead atoms. The fourth-order valence-electron chi connectivity index (χ4n) is 1.75. The topological polar surface area (TPSA) is 66.6 Å². The minimum Gasteiger partial charge on any atom is -0.326 e. The molecule has 96 valence electrons. The number of rotatable bonds is 3. The Labute approximate surface area is 106 Å². The van der Waals surface area contributed by atoms with Gasteiger partial charge in [-0.25, -0.2) is 8.42 Å². The van der Waals surface area contributed by atoms with Gasteiger partial charge in [0, 0.05) is 32.7 Å². The Morgan fingerprint density at radius 2 is 2.00 bits per heavy atom. The Hall–Kier alpha value is -0.470. The molecule has 5 nitrogen and oxygen atoms in total. The third-order valence-electron chi connectivity index (χ3n) is 2.92. The van der Waals surface area contributed by atoms with Gasteiger partial charge in [0.2, 0.25) is 0 Å². The van der Waals surface area contributed by atoms with Gasteiger partial charge < -0.3 is 10.6 Å². The van der Waals surface area contributed by atoms with Crippen molar-refractivity contribution in [2.45, 2.75) is 10.8 Å². The lowest BCUT2D eigenvalue weighted by Crippen LogP contribution is -2.46. The molecule has 0 aromatic carbocycles. The molecule has 0 aliphatic carbocycles. The van der Waals surface area contributed by atoms with E-state index >= 15 is 0 Å². The number of nitrogens with zero attached hydrogens (tertiary/aromatic N) is 2. The van der Waals surface area contributed by atoms with Crippen LogP contribution < -0.4 is 5.73 Å². The van der Waals surface area contributed by atoms with Crippen molar-refractivity contribution in [1.82, 2.24) is 9.21 Å². The average molecular weight is 275 g/mol. The van der Waals surface area contributed by atoms with Crippen molar-refractivity contribution in [3.8, 4) is 0 Å². The van der Waals surface area contributed by atoms with Crippen LogP contribution in [0.2, 0.25) is 0 Å². The minimum absolute atomic E-state index is 0.384. The maximum atomic E-state index is 12.3. The number of thiophene rings is 1. The minimum atomic E-state index is -3.31. The molecule has 2 N–H and O–H groups in total. The zero-order valence-corrected chi connectivity index (χ0v) is 11.4. The van der Waals surface area contributed by atoms with Gasteiger partial charge in [-0.2, -0.15) is 4.31 Å². The maximum Gasteiger partial charge on any atom is 0.252 e. The summed E-state index contributed by atoms with van der Waals surface area (Å²) >= 11 is 1.25. The second-order valence-corrected chi connectivity index (χ2v) is 7.26. The first-order valence-electron chi connectivity index (χ1n) is 5.50. The van der Waals surface area contributed by atoms with E-state index in [9.17, 15) is 8.42 Å². The van der Waals surface area contributed by atoms with Gasteiger partial charge in [-0.15, -0.1) is 11.3 Å². The molecule has 0 atom stereocenters. The van der Waals surface area contributed by atoms with E-state index in [1.165, 1.54) is 11.3 Å². The van der Waals surface area contributed by atoms with Crippen LogP contribution in [0.15, 0.2) is 15.7 Å². The summed E-state index contributed by atoms with van der Waals surface area (Å²) in [5.74, 6) is 0. The summed E-state index contributed by atoms with van der Waals surface area (Å²) in [5, 5.41) is 1.81. The third-order valence-corrected chi connectivity index (χ3v) is 6.28. The number of hydrogen-bond acceptors (Lipinski definition) is 5. The summed E-state index contributed by atoms with van der Waals surface area (Å²) < 4.78 is 26.6. The Morgan fingerprint density at radius 3 is 2.53 bits per heavy atom. The summed E-state index contributed by atoms with van der Waals surface area (Å²) in [6.45, 7) is 3.08. The predicted molar refractivity (Wildman–Crippen MR) is 68.5 cm³/mol. The molecule has 1 aromatic heterocycles. The van der Waals surface area contributed by atoms with E-state index in [0.717, 1.165) is 18.7 Å². The van der Waals surface area contributed by atoms with Crippen LogP contribution in [0.25, 0.3) is 0 Å². The number of nitrogens with two attached hydrogens (primary N) is 1. The largest absolute Gasteiger partial charge is 0.326 e. The molecule has 0 radical (unpaired) electrons. The maximum absolute atomic E-state index is 12.3. The van der Waals surface area contributed by atoms with Gasteiger partial charge >= 0.3 is 0 Å². The molecular weight excluding hydrogens is 258 g/mol. The van der Waals surface area contributed by atoms with Crippen LogP contribution in [0.1, 0.15) is 5.56 Å². The standard InChI is InChI=1S/C10H17N3O2S2/c1-12-2-4-13(5-3-12)17(14,15)10-6-9(7-11)8-16-10/h6,8H,2-5,7,11H2,1H3. The highest BCUT2D eigenvalue weighted by atomic mass is 32.2. The molecule has 7 heteroatoms. The predicted octanol–water partition coefficient (Wildman–Crippen LogP) is 0.143. The highest BCUT2D eigenvalue weighted by Crippen LogP contribution is 2.24. The molecule has 2 heterocycles. The second-order valence-electron chi connectivity index (χ2n) is 4.19. The first-order chi connectivity index (χ1) is 8.04. The van der Waals surface area contributed by atoms with Crippen LogP contribution >= 0.6 is 11.3 Å². The van der Waals surface area contributed by atoms with Crippen LogP contribution in [0.4, 0.5) is 0 Å². The van der Waals surface area contributed by atoms with Crippen LogP contribution in [0.5, 0.6) is 0 Å². The Kier molecular flexibility index (Phi) is 3.84. The van der Waals surface area contributed by atoms with Crippen molar-refractivity contribution in [1.29, 1.82) is 0 Å². The lowest BCUT2D eigenvalue weighted by molar-refractivity contribution is 0.222. The Balaban J connectivity index is 2.18. The fourth-order valence-corrected chi connectivity index (χ4v) is 4.55. The normalized spacial score (nSPS) is 19.6. The third kappa shape index (κ3) is 2.69. The van der Waals surface area contributed by atoms with Gasteiger partial charge in [0.25, 0.3) is 10.0 Å². The van der Waals surface area contributed by atoms with Gasteiger partial charge in [0.15, 0.2) is 0 Å². The smallest absolute Gasteiger partial charge is 0.252 e. The fraction of sp³-hybridized carbons (Fsp3) is 0.600. The van der Waals surface area contributed by atoms with E-state index in [2.05, 4.69) is 4.90 Å². The number of piperazine rings is 1. The molecule has 1 saturated heterocycles. The van der Waals surface area contributed by atoms with Crippen LogP contribution in [0, 0.1) is 0 Å². The molecule has 0 spiro atoms. The molecule has 0 saturated carbocycles. The van der Waals surface area contributed by atoms with E-state index < -0.39 is 10.0 Å². The van der Waals surface area contributed by atoms with Gasteiger partial charge in [0.05, 0.1) is 0 Å². The molecule has 17 heavy (non-hydrogen) atoms. The van der Waals surface area contributed by atoms with E-state index in [0.29, 0.717) is 23.8 Å². The number of likely N-dealkylation sites (N-methyl/N-ethyl adjacent to an activating group) is 1. The van der Waals surface area contributed by atoms with Crippen molar-refractivity contribution in [3.05, 3.63) is 17.0 Å². The van der Waals surface area contributed by atoms with Gasteiger partial charge in [0.1, 0.15) is 4.21 Å².